The van der Waals surface area contributed by atoms with E-state index in [2.05, 4.69) is 6.07 Å². The molecule has 1 heterocycles. The van der Waals surface area contributed by atoms with E-state index >= 15 is 0 Å². The van der Waals surface area contributed by atoms with Gasteiger partial charge in [0.2, 0.25) is 0 Å². The molecular weight excluding hydrogens is 160 g/mol. The molecule has 2 heteroatoms. The molecule has 56 valence electrons. The normalized spacial score (nSPS) is 31.4. The largest absolute Gasteiger partial charge is 0.364 e. The maximum Gasteiger partial charge on any atom is 0.111 e. The second-order valence-electron chi connectivity index (χ2n) is 3.11. The van der Waals surface area contributed by atoms with Crippen LogP contribution in [-0.4, -0.2) is 6.10 Å². The van der Waals surface area contributed by atoms with Crippen molar-refractivity contribution >= 4 is 11.6 Å². The molecular formula is C9H7ClO. The number of rotatable bonds is 0. The van der Waals surface area contributed by atoms with Crippen molar-refractivity contribution in [1.82, 2.24) is 0 Å². The minimum atomic E-state index is 0.332. The van der Waals surface area contributed by atoms with Gasteiger partial charge in [-0.15, -0.1) is 0 Å². The molecule has 3 rings (SSSR count). The van der Waals surface area contributed by atoms with Gasteiger partial charge in [0, 0.05) is 17.0 Å². The molecule has 1 aromatic carbocycles. The average molecular weight is 167 g/mol. The third-order valence-electron chi connectivity index (χ3n) is 2.43. The fraction of sp³-hybridized carbons (Fsp3) is 0.333. The van der Waals surface area contributed by atoms with Crippen molar-refractivity contribution in [3.63, 3.8) is 0 Å². The van der Waals surface area contributed by atoms with Crippen LogP contribution in [0.4, 0.5) is 0 Å². The smallest absolute Gasteiger partial charge is 0.111 e. The van der Waals surface area contributed by atoms with Gasteiger partial charge >= 0.3 is 0 Å². The van der Waals surface area contributed by atoms with Crippen molar-refractivity contribution in [3.05, 3.63) is 34.3 Å². The van der Waals surface area contributed by atoms with Crippen molar-refractivity contribution in [3.8, 4) is 0 Å². The summed E-state index contributed by atoms with van der Waals surface area (Å²) in [7, 11) is 0. The topological polar surface area (TPSA) is 12.5 Å². The van der Waals surface area contributed by atoms with E-state index in [0.717, 1.165) is 11.4 Å². The van der Waals surface area contributed by atoms with Crippen LogP contribution in [0.5, 0.6) is 0 Å². The van der Waals surface area contributed by atoms with Gasteiger partial charge in [0.1, 0.15) is 6.10 Å². The predicted molar refractivity (Wildman–Crippen MR) is 42.8 cm³/mol. The van der Waals surface area contributed by atoms with Crippen LogP contribution in [0.25, 0.3) is 0 Å². The minimum absolute atomic E-state index is 0.332. The summed E-state index contributed by atoms with van der Waals surface area (Å²) in [6.45, 7) is 0. The number of ether oxygens (including phenoxy) is 1. The summed E-state index contributed by atoms with van der Waals surface area (Å²) < 4.78 is 5.38. The van der Waals surface area contributed by atoms with Crippen LogP contribution in [0.2, 0.25) is 5.02 Å². The molecule has 0 saturated carbocycles. The van der Waals surface area contributed by atoms with Crippen LogP contribution in [0.15, 0.2) is 18.2 Å². The highest BCUT2D eigenvalue weighted by Gasteiger charge is 2.48. The van der Waals surface area contributed by atoms with Crippen LogP contribution in [0.3, 0.4) is 0 Å². The lowest BCUT2D eigenvalue weighted by molar-refractivity contribution is 0.361. The van der Waals surface area contributed by atoms with Gasteiger partial charge in [-0.25, -0.2) is 0 Å². The van der Waals surface area contributed by atoms with E-state index in [-0.39, 0.29) is 0 Å². The summed E-state index contributed by atoms with van der Waals surface area (Å²) in [5.41, 5.74) is 2.61. The molecule has 2 aliphatic rings. The van der Waals surface area contributed by atoms with Gasteiger partial charge in [0.05, 0.1) is 6.10 Å². The lowest BCUT2D eigenvalue weighted by atomic mass is 10.1. The Bertz CT molecular complexity index is 321. The molecule has 1 aliphatic carbocycles. The molecule has 1 aromatic rings. The zero-order chi connectivity index (χ0) is 7.42. The Balaban J connectivity index is 2.25. The van der Waals surface area contributed by atoms with Crippen LogP contribution in [-0.2, 0) is 11.2 Å². The standard InChI is InChI=1S/C9H7ClO/c10-6-3-1-2-5-4-7-9(11-7)8(5)6/h1-3,7,9H,4H2. The highest BCUT2D eigenvalue weighted by Crippen LogP contribution is 2.50. The zero-order valence-corrected chi connectivity index (χ0v) is 6.64. The molecule has 0 aromatic heterocycles. The lowest BCUT2D eigenvalue weighted by Gasteiger charge is -2.02. The van der Waals surface area contributed by atoms with E-state index in [1.807, 2.05) is 12.1 Å². The van der Waals surface area contributed by atoms with Crippen LogP contribution >= 0.6 is 11.6 Å². The summed E-state index contributed by atoms with van der Waals surface area (Å²) in [5, 5.41) is 0.868. The van der Waals surface area contributed by atoms with Crippen molar-refractivity contribution in [2.24, 2.45) is 0 Å². The van der Waals surface area contributed by atoms with Crippen LogP contribution in [0.1, 0.15) is 17.2 Å². The first-order valence-electron chi connectivity index (χ1n) is 3.79. The summed E-state index contributed by atoms with van der Waals surface area (Å²) in [4.78, 5) is 0. The molecule has 0 spiro atoms. The summed E-state index contributed by atoms with van der Waals surface area (Å²) in [6.07, 6.45) is 1.84. The summed E-state index contributed by atoms with van der Waals surface area (Å²) >= 11 is 6.01. The molecule has 0 amide bonds. The SMILES string of the molecule is Clc1cccc2c1C1OC1C2. The Morgan fingerprint density at radius 1 is 1.45 bits per heavy atom. The third-order valence-corrected chi connectivity index (χ3v) is 2.76. The van der Waals surface area contributed by atoms with E-state index < -0.39 is 0 Å². The van der Waals surface area contributed by atoms with Crippen molar-refractivity contribution in [2.45, 2.75) is 18.6 Å². The molecule has 1 nitrogen and oxygen atoms in total. The third kappa shape index (κ3) is 0.700. The Hall–Kier alpha value is -0.530. The zero-order valence-electron chi connectivity index (χ0n) is 5.88. The van der Waals surface area contributed by atoms with Crippen LogP contribution < -0.4 is 0 Å². The molecule has 11 heavy (non-hydrogen) atoms. The number of benzene rings is 1. The molecule has 0 N–H and O–H groups in total. The number of halogens is 1. The number of hydrogen-bond donors (Lipinski definition) is 0. The van der Waals surface area contributed by atoms with E-state index in [9.17, 15) is 0 Å². The van der Waals surface area contributed by atoms with E-state index in [1.165, 1.54) is 11.1 Å². The molecule has 2 atom stereocenters. The van der Waals surface area contributed by atoms with Gasteiger partial charge < -0.3 is 4.74 Å². The van der Waals surface area contributed by atoms with E-state index in [0.29, 0.717) is 12.2 Å². The molecule has 1 fully saturated rings. The lowest BCUT2D eigenvalue weighted by Crippen LogP contribution is -1.88. The average Bonchev–Trinajstić information content (AvgIpc) is 2.62. The molecule has 2 unspecified atom stereocenters. The van der Waals surface area contributed by atoms with Crippen molar-refractivity contribution < 1.29 is 4.74 Å². The highest BCUT2D eigenvalue weighted by molar-refractivity contribution is 6.31. The summed E-state index contributed by atoms with van der Waals surface area (Å²) in [6, 6.07) is 6.08. The van der Waals surface area contributed by atoms with Gasteiger partial charge in [0.15, 0.2) is 0 Å². The maximum absolute atomic E-state index is 6.01. The van der Waals surface area contributed by atoms with Gasteiger partial charge in [-0.2, -0.15) is 0 Å². The molecule has 1 saturated heterocycles. The first-order valence-corrected chi connectivity index (χ1v) is 4.17. The van der Waals surface area contributed by atoms with E-state index in [1.54, 1.807) is 0 Å². The number of fused-ring (bicyclic) bond motifs is 3. The Labute approximate surface area is 69.9 Å². The fourth-order valence-electron chi connectivity index (χ4n) is 1.85. The highest BCUT2D eigenvalue weighted by atomic mass is 35.5. The van der Waals surface area contributed by atoms with Gasteiger partial charge in [-0.3, -0.25) is 0 Å². The molecule has 1 aliphatic heterocycles. The Kier molecular flexibility index (Phi) is 0.984. The summed E-state index contributed by atoms with van der Waals surface area (Å²) in [5.74, 6) is 0. The number of epoxide rings is 1. The predicted octanol–water partition coefficient (Wildman–Crippen LogP) is 2.34. The monoisotopic (exact) mass is 166 g/mol. The molecule has 0 bridgehead atoms. The first-order chi connectivity index (χ1) is 5.36. The number of hydrogen-bond acceptors (Lipinski definition) is 1. The molecule has 0 radical (unpaired) electrons. The van der Waals surface area contributed by atoms with Gasteiger partial charge in [-0.05, 0) is 11.6 Å². The minimum Gasteiger partial charge on any atom is -0.364 e. The van der Waals surface area contributed by atoms with E-state index in [4.69, 9.17) is 16.3 Å². The Morgan fingerprint density at radius 2 is 2.36 bits per heavy atom. The van der Waals surface area contributed by atoms with Crippen molar-refractivity contribution in [2.75, 3.05) is 0 Å². The second kappa shape index (κ2) is 1.79. The van der Waals surface area contributed by atoms with Gasteiger partial charge in [-0.1, -0.05) is 23.7 Å². The fourth-order valence-corrected chi connectivity index (χ4v) is 2.15. The Morgan fingerprint density at radius 3 is 3.18 bits per heavy atom. The second-order valence-corrected chi connectivity index (χ2v) is 3.52. The van der Waals surface area contributed by atoms with Crippen molar-refractivity contribution in [1.29, 1.82) is 0 Å². The first kappa shape index (κ1) is 6.04. The van der Waals surface area contributed by atoms with Crippen LogP contribution in [0, 0.1) is 0 Å². The maximum atomic E-state index is 6.01. The quantitative estimate of drug-likeness (QED) is 0.539. The van der Waals surface area contributed by atoms with Gasteiger partial charge in [0.25, 0.3) is 0 Å².